The molecule has 0 rings (SSSR count). The molecule has 0 saturated carbocycles. The first kappa shape index (κ1) is 11.4. The molecule has 3 N–H and O–H groups in total. The summed E-state index contributed by atoms with van der Waals surface area (Å²) in [5, 5.41) is 2.62. The molecule has 0 radical (unpaired) electrons. The Labute approximate surface area is 74.7 Å². The van der Waals surface area contributed by atoms with Crippen molar-refractivity contribution in [2.75, 3.05) is 13.6 Å². The molecular weight excluding hydrogens is 152 g/mol. The van der Waals surface area contributed by atoms with E-state index >= 15 is 0 Å². The number of nitrogens with one attached hydrogen (secondary N) is 1. The first-order valence-corrected chi connectivity index (χ1v) is 4.65. The number of rotatable bonds is 6. The highest BCUT2D eigenvalue weighted by atomic mass is 16.1. The van der Waals surface area contributed by atoms with E-state index in [0.717, 1.165) is 25.8 Å². The zero-order chi connectivity index (χ0) is 9.40. The highest BCUT2D eigenvalue weighted by molar-refractivity contribution is 5.75. The first-order valence-electron chi connectivity index (χ1n) is 4.65. The lowest BCUT2D eigenvalue weighted by molar-refractivity contribution is -0.120. The summed E-state index contributed by atoms with van der Waals surface area (Å²) in [5.41, 5.74) is 5.44. The summed E-state index contributed by atoms with van der Waals surface area (Å²) in [4.78, 5) is 10.9. The van der Waals surface area contributed by atoms with E-state index in [1.807, 2.05) is 0 Å². The third kappa shape index (κ3) is 5.13. The van der Waals surface area contributed by atoms with Gasteiger partial charge < -0.3 is 11.1 Å². The van der Waals surface area contributed by atoms with Crippen molar-refractivity contribution in [2.24, 2.45) is 11.7 Å². The SMILES string of the molecule is CCC(CCN)CCC(=O)NC. The Balaban J connectivity index is 3.50. The van der Waals surface area contributed by atoms with Crippen molar-refractivity contribution in [2.45, 2.75) is 32.6 Å². The molecule has 0 aliphatic carbocycles. The second kappa shape index (κ2) is 7.10. The van der Waals surface area contributed by atoms with Gasteiger partial charge in [0.1, 0.15) is 0 Å². The summed E-state index contributed by atoms with van der Waals surface area (Å²) in [6.07, 6.45) is 3.75. The molecule has 0 aromatic rings. The summed E-state index contributed by atoms with van der Waals surface area (Å²) in [5.74, 6) is 0.748. The zero-order valence-electron chi connectivity index (χ0n) is 8.10. The molecule has 0 bridgehead atoms. The molecule has 0 aromatic heterocycles. The lowest BCUT2D eigenvalue weighted by atomic mass is 9.96. The number of hydrogen-bond acceptors (Lipinski definition) is 2. The molecule has 72 valence electrons. The Bertz CT molecular complexity index is 126. The van der Waals surface area contributed by atoms with Crippen LogP contribution in [-0.4, -0.2) is 19.5 Å². The van der Waals surface area contributed by atoms with Crippen LogP contribution in [0, 0.1) is 5.92 Å². The molecule has 0 fully saturated rings. The molecule has 12 heavy (non-hydrogen) atoms. The normalized spacial score (nSPS) is 12.6. The predicted octanol–water partition coefficient (Wildman–Crippen LogP) is 0.888. The van der Waals surface area contributed by atoms with Gasteiger partial charge in [-0.1, -0.05) is 13.3 Å². The molecule has 0 heterocycles. The van der Waals surface area contributed by atoms with Crippen LogP contribution in [-0.2, 0) is 4.79 Å². The van der Waals surface area contributed by atoms with Gasteiger partial charge in [0.15, 0.2) is 0 Å². The van der Waals surface area contributed by atoms with Crippen LogP contribution in [0.4, 0.5) is 0 Å². The number of carbonyl (C=O) groups is 1. The fraction of sp³-hybridized carbons (Fsp3) is 0.889. The van der Waals surface area contributed by atoms with Gasteiger partial charge in [-0.15, -0.1) is 0 Å². The van der Waals surface area contributed by atoms with Crippen LogP contribution < -0.4 is 11.1 Å². The average molecular weight is 172 g/mol. The van der Waals surface area contributed by atoms with E-state index in [9.17, 15) is 4.79 Å². The van der Waals surface area contributed by atoms with E-state index in [-0.39, 0.29) is 5.91 Å². The lowest BCUT2D eigenvalue weighted by Gasteiger charge is -2.12. The number of hydrogen-bond donors (Lipinski definition) is 2. The quantitative estimate of drug-likeness (QED) is 0.625. The van der Waals surface area contributed by atoms with Crippen molar-refractivity contribution in [3.63, 3.8) is 0 Å². The second-order valence-electron chi connectivity index (χ2n) is 3.06. The number of carbonyl (C=O) groups excluding carboxylic acids is 1. The smallest absolute Gasteiger partial charge is 0.219 e. The molecule has 0 aromatic carbocycles. The van der Waals surface area contributed by atoms with Crippen LogP contribution in [0.3, 0.4) is 0 Å². The maximum Gasteiger partial charge on any atom is 0.219 e. The summed E-state index contributed by atoms with van der Waals surface area (Å²) >= 11 is 0. The summed E-state index contributed by atoms with van der Waals surface area (Å²) in [6, 6.07) is 0. The highest BCUT2D eigenvalue weighted by Crippen LogP contribution is 2.13. The average Bonchev–Trinajstić information content (AvgIpc) is 2.11. The van der Waals surface area contributed by atoms with Gasteiger partial charge in [0.2, 0.25) is 5.91 Å². The molecule has 3 heteroatoms. The van der Waals surface area contributed by atoms with E-state index in [1.165, 1.54) is 0 Å². The van der Waals surface area contributed by atoms with E-state index < -0.39 is 0 Å². The van der Waals surface area contributed by atoms with E-state index in [2.05, 4.69) is 12.2 Å². The van der Waals surface area contributed by atoms with Crippen molar-refractivity contribution in [3.8, 4) is 0 Å². The molecule has 1 unspecified atom stereocenters. The van der Waals surface area contributed by atoms with Crippen LogP contribution >= 0.6 is 0 Å². The van der Waals surface area contributed by atoms with Crippen molar-refractivity contribution < 1.29 is 4.79 Å². The van der Waals surface area contributed by atoms with Gasteiger partial charge in [-0.25, -0.2) is 0 Å². The minimum Gasteiger partial charge on any atom is -0.359 e. The van der Waals surface area contributed by atoms with Crippen molar-refractivity contribution >= 4 is 5.91 Å². The Morgan fingerprint density at radius 1 is 1.50 bits per heavy atom. The predicted molar refractivity (Wildman–Crippen MR) is 50.8 cm³/mol. The van der Waals surface area contributed by atoms with Gasteiger partial charge in [0.25, 0.3) is 0 Å². The number of nitrogens with two attached hydrogens (primary N) is 1. The topological polar surface area (TPSA) is 55.1 Å². The fourth-order valence-electron chi connectivity index (χ4n) is 1.25. The molecule has 0 spiro atoms. The number of amides is 1. The van der Waals surface area contributed by atoms with Gasteiger partial charge >= 0.3 is 0 Å². The first-order chi connectivity index (χ1) is 5.74. The zero-order valence-corrected chi connectivity index (χ0v) is 8.10. The van der Waals surface area contributed by atoms with Gasteiger partial charge in [-0.2, -0.15) is 0 Å². The molecule has 3 nitrogen and oxygen atoms in total. The van der Waals surface area contributed by atoms with Crippen LogP contribution in [0.15, 0.2) is 0 Å². The second-order valence-corrected chi connectivity index (χ2v) is 3.06. The van der Waals surface area contributed by atoms with E-state index in [1.54, 1.807) is 7.05 Å². The van der Waals surface area contributed by atoms with Gasteiger partial charge in [0, 0.05) is 13.5 Å². The molecule has 0 aliphatic rings. The Morgan fingerprint density at radius 3 is 2.58 bits per heavy atom. The monoisotopic (exact) mass is 172 g/mol. The van der Waals surface area contributed by atoms with Gasteiger partial charge in [-0.3, -0.25) is 4.79 Å². The molecule has 1 amide bonds. The molecular formula is C9H20N2O. The van der Waals surface area contributed by atoms with Crippen molar-refractivity contribution in [3.05, 3.63) is 0 Å². The molecule has 0 aliphatic heterocycles. The van der Waals surface area contributed by atoms with Crippen LogP contribution in [0.25, 0.3) is 0 Å². The summed E-state index contributed by atoms with van der Waals surface area (Å²) < 4.78 is 0. The molecule has 1 atom stereocenters. The third-order valence-electron chi connectivity index (χ3n) is 2.21. The minimum atomic E-state index is 0.130. The van der Waals surface area contributed by atoms with Crippen LogP contribution in [0.2, 0.25) is 0 Å². The maximum atomic E-state index is 10.9. The van der Waals surface area contributed by atoms with Crippen molar-refractivity contribution in [1.82, 2.24) is 5.32 Å². The lowest BCUT2D eigenvalue weighted by Crippen LogP contribution is -2.19. The Hall–Kier alpha value is -0.570. The largest absolute Gasteiger partial charge is 0.359 e. The van der Waals surface area contributed by atoms with E-state index in [4.69, 9.17) is 5.73 Å². The third-order valence-corrected chi connectivity index (χ3v) is 2.21. The van der Waals surface area contributed by atoms with Crippen molar-refractivity contribution in [1.29, 1.82) is 0 Å². The van der Waals surface area contributed by atoms with Gasteiger partial charge in [-0.05, 0) is 25.3 Å². The Kier molecular flexibility index (Phi) is 6.76. The van der Waals surface area contributed by atoms with E-state index in [0.29, 0.717) is 12.3 Å². The fourth-order valence-corrected chi connectivity index (χ4v) is 1.25. The maximum absolute atomic E-state index is 10.9. The highest BCUT2D eigenvalue weighted by Gasteiger charge is 2.07. The van der Waals surface area contributed by atoms with Crippen LogP contribution in [0.5, 0.6) is 0 Å². The Morgan fingerprint density at radius 2 is 2.17 bits per heavy atom. The van der Waals surface area contributed by atoms with Gasteiger partial charge in [0.05, 0.1) is 0 Å². The standard InChI is InChI=1S/C9H20N2O/c1-3-8(6-7-10)4-5-9(12)11-2/h8H,3-7,10H2,1-2H3,(H,11,12). The summed E-state index contributed by atoms with van der Waals surface area (Å²) in [6.45, 7) is 2.87. The van der Waals surface area contributed by atoms with Crippen LogP contribution in [0.1, 0.15) is 32.6 Å². The summed E-state index contributed by atoms with van der Waals surface area (Å²) in [7, 11) is 1.67. The minimum absolute atomic E-state index is 0.130. The molecule has 0 saturated heterocycles.